The van der Waals surface area contributed by atoms with Gasteiger partial charge in [0.15, 0.2) is 0 Å². The zero-order valence-electron chi connectivity index (χ0n) is 15.5. The first-order valence-corrected chi connectivity index (χ1v) is 10.3. The molecular weight excluding hydrogens is 362 g/mol. The van der Waals surface area contributed by atoms with E-state index in [-0.39, 0.29) is 24.7 Å². The molecule has 144 valence electrons. The van der Waals surface area contributed by atoms with Crippen molar-refractivity contribution < 1.29 is 14.6 Å². The van der Waals surface area contributed by atoms with Crippen molar-refractivity contribution >= 4 is 22.9 Å². The molecule has 2 N–H and O–H groups in total. The number of ether oxygens (including phenoxy) is 1. The van der Waals surface area contributed by atoms with Gasteiger partial charge in [0.05, 0.1) is 23.7 Å². The summed E-state index contributed by atoms with van der Waals surface area (Å²) in [4.78, 5) is 20.9. The Morgan fingerprint density at radius 1 is 1.41 bits per heavy atom. The minimum absolute atomic E-state index is 0.0474. The maximum atomic E-state index is 12.3. The van der Waals surface area contributed by atoms with Gasteiger partial charge in [0.2, 0.25) is 0 Å². The second-order valence-electron chi connectivity index (χ2n) is 7.16. The van der Waals surface area contributed by atoms with Crippen LogP contribution in [0.4, 0.5) is 5.69 Å². The zero-order valence-corrected chi connectivity index (χ0v) is 16.3. The van der Waals surface area contributed by atoms with Crippen LogP contribution in [-0.2, 0) is 16.8 Å². The number of hydrogen-bond donors (Lipinski definition) is 2. The van der Waals surface area contributed by atoms with Crippen LogP contribution in [0.5, 0.6) is 0 Å². The monoisotopic (exact) mass is 387 g/mol. The highest BCUT2D eigenvalue weighted by molar-refractivity contribution is 7.14. The van der Waals surface area contributed by atoms with Gasteiger partial charge in [-0.25, -0.2) is 0 Å². The molecule has 2 aliphatic rings. The lowest BCUT2D eigenvalue weighted by Gasteiger charge is -2.44. The Bertz CT molecular complexity index is 828. The number of aromatic nitrogens is 1. The molecule has 2 aromatic heterocycles. The molecule has 6 nitrogen and oxygen atoms in total. The molecule has 7 heteroatoms. The van der Waals surface area contributed by atoms with Gasteiger partial charge in [-0.3, -0.25) is 9.78 Å². The second-order valence-corrected chi connectivity index (χ2v) is 8.30. The fraction of sp³-hybridized carbons (Fsp3) is 0.500. The minimum atomic E-state index is -0.280. The van der Waals surface area contributed by atoms with Crippen molar-refractivity contribution in [2.24, 2.45) is 0 Å². The number of aryl methyl sites for hydroxylation is 1. The molecular formula is C20H25N3O3S. The van der Waals surface area contributed by atoms with Crippen LogP contribution in [-0.4, -0.2) is 48.8 Å². The highest BCUT2D eigenvalue weighted by Crippen LogP contribution is 2.45. The third-order valence-electron chi connectivity index (χ3n) is 5.44. The lowest BCUT2D eigenvalue weighted by Crippen LogP contribution is -2.46. The summed E-state index contributed by atoms with van der Waals surface area (Å²) in [6, 6.07) is 6.20. The first kappa shape index (κ1) is 18.4. The van der Waals surface area contributed by atoms with Crippen molar-refractivity contribution in [1.29, 1.82) is 0 Å². The van der Waals surface area contributed by atoms with E-state index in [1.165, 1.54) is 16.1 Å². The van der Waals surface area contributed by atoms with E-state index >= 15 is 0 Å². The number of carbonyl (C=O) groups is 1. The summed E-state index contributed by atoms with van der Waals surface area (Å²) in [6.07, 6.45) is 4.55. The number of thiophene rings is 1. The molecule has 0 aliphatic carbocycles. The number of amides is 1. The SMILES string of the molecule is Cc1cc(N2CCC3(CC2)OCCc2sc(C(=O)NCCO)cc23)ccn1. The number of rotatable bonds is 4. The smallest absolute Gasteiger partial charge is 0.261 e. The molecule has 0 radical (unpaired) electrons. The molecule has 1 spiro atoms. The molecule has 0 saturated carbocycles. The number of pyridine rings is 1. The number of piperidine rings is 1. The highest BCUT2D eigenvalue weighted by atomic mass is 32.1. The van der Waals surface area contributed by atoms with Crippen LogP contribution >= 0.6 is 11.3 Å². The quantitative estimate of drug-likeness (QED) is 0.842. The normalized spacial score (nSPS) is 18.4. The Balaban J connectivity index is 1.53. The number of anilines is 1. The molecule has 2 aliphatic heterocycles. The number of hydrogen-bond acceptors (Lipinski definition) is 6. The molecule has 1 fully saturated rings. The zero-order chi connectivity index (χ0) is 18.9. The first-order valence-electron chi connectivity index (χ1n) is 9.45. The van der Waals surface area contributed by atoms with Crippen LogP contribution in [0, 0.1) is 6.92 Å². The standard InChI is InChI=1S/C20H25N3O3S/c1-14-12-15(2-6-21-14)23-8-4-20(5-9-23)16-13-18(19(25)22-7-10-24)27-17(16)3-11-26-20/h2,6,12-13,24H,3-5,7-11H2,1H3,(H,22,25). The summed E-state index contributed by atoms with van der Waals surface area (Å²) in [7, 11) is 0. The molecule has 2 aromatic rings. The number of aliphatic hydroxyl groups is 1. The van der Waals surface area contributed by atoms with Gasteiger partial charge in [-0.05, 0) is 43.5 Å². The maximum absolute atomic E-state index is 12.3. The van der Waals surface area contributed by atoms with Gasteiger partial charge in [-0.2, -0.15) is 0 Å². The third kappa shape index (κ3) is 3.59. The highest BCUT2D eigenvalue weighted by Gasteiger charge is 2.42. The molecule has 4 rings (SSSR count). The van der Waals surface area contributed by atoms with Crippen molar-refractivity contribution in [2.45, 2.75) is 31.8 Å². The summed E-state index contributed by atoms with van der Waals surface area (Å²) >= 11 is 1.57. The van der Waals surface area contributed by atoms with Crippen molar-refractivity contribution in [3.8, 4) is 0 Å². The van der Waals surface area contributed by atoms with E-state index in [0.717, 1.165) is 38.0 Å². The van der Waals surface area contributed by atoms with Crippen molar-refractivity contribution in [1.82, 2.24) is 10.3 Å². The lowest BCUT2D eigenvalue weighted by molar-refractivity contribution is -0.0756. The van der Waals surface area contributed by atoms with E-state index in [4.69, 9.17) is 9.84 Å². The van der Waals surface area contributed by atoms with Crippen LogP contribution in [0.15, 0.2) is 24.4 Å². The molecule has 27 heavy (non-hydrogen) atoms. The summed E-state index contributed by atoms with van der Waals surface area (Å²) in [6.45, 7) is 4.80. The van der Waals surface area contributed by atoms with E-state index in [0.29, 0.717) is 11.5 Å². The van der Waals surface area contributed by atoms with E-state index in [1.54, 1.807) is 11.3 Å². The Labute approximate surface area is 163 Å². The molecule has 0 aromatic carbocycles. The van der Waals surface area contributed by atoms with Gasteiger partial charge in [-0.15, -0.1) is 11.3 Å². The number of nitrogens with one attached hydrogen (secondary N) is 1. The average Bonchev–Trinajstić information content (AvgIpc) is 3.13. The van der Waals surface area contributed by atoms with Gasteiger partial charge in [-0.1, -0.05) is 0 Å². The molecule has 4 heterocycles. The molecule has 1 saturated heterocycles. The van der Waals surface area contributed by atoms with Gasteiger partial charge in [0, 0.05) is 48.5 Å². The maximum Gasteiger partial charge on any atom is 0.261 e. The number of nitrogens with zero attached hydrogens (tertiary/aromatic N) is 2. The molecule has 0 atom stereocenters. The van der Waals surface area contributed by atoms with Crippen molar-refractivity contribution in [2.75, 3.05) is 37.7 Å². The number of fused-ring (bicyclic) bond motifs is 2. The largest absolute Gasteiger partial charge is 0.395 e. The molecule has 1 amide bonds. The number of aliphatic hydroxyl groups excluding tert-OH is 1. The summed E-state index contributed by atoms with van der Waals surface area (Å²) in [5.41, 5.74) is 3.15. The molecule has 0 bridgehead atoms. The van der Waals surface area contributed by atoms with Crippen LogP contribution in [0.1, 0.15) is 38.6 Å². The second kappa shape index (κ2) is 7.58. The van der Waals surface area contributed by atoms with Crippen LogP contribution in [0.2, 0.25) is 0 Å². The average molecular weight is 388 g/mol. The first-order chi connectivity index (χ1) is 13.1. The lowest BCUT2D eigenvalue weighted by atomic mass is 9.82. The van der Waals surface area contributed by atoms with E-state index < -0.39 is 0 Å². The Kier molecular flexibility index (Phi) is 5.16. The van der Waals surface area contributed by atoms with Crippen molar-refractivity contribution in [3.05, 3.63) is 45.4 Å². The number of carbonyl (C=O) groups excluding carboxylic acids is 1. The Morgan fingerprint density at radius 3 is 2.96 bits per heavy atom. The topological polar surface area (TPSA) is 74.7 Å². The van der Waals surface area contributed by atoms with Gasteiger partial charge >= 0.3 is 0 Å². The van der Waals surface area contributed by atoms with E-state index in [2.05, 4.69) is 27.3 Å². The van der Waals surface area contributed by atoms with Gasteiger partial charge in [0.25, 0.3) is 5.91 Å². The van der Waals surface area contributed by atoms with Crippen molar-refractivity contribution in [3.63, 3.8) is 0 Å². The third-order valence-corrected chi connectivity index (χ3v) is 6.64. The van der Waals surface area contributed by atoms with E-state index in [9.17, 15) is 4.79 Å². The van der Waals surface area contributed by atoms with Crippen LogP contribution < -0.4 is 10.2 Å². The molecule has 0 unspecified atom stereocenters. The Hall–Kier alpha value is -1.96. The summed E-state index contributed by atoms with van der Waals surface area (Å²) in [5, 5.41) is 11.7. The predicted octanol–water partition coefficient (Wildman–Crippen LogP) is 2.24. The Morgan fingerprint density at radius 2 is 2.22 bits per heavy atom. The minimum Gasteiger partial charge on any atom is -0.395 e. The van der Waals surface area contributed by atoms with Crippen LogP contribution in [0.3, 0.4) is 0 Å². The predicted molar refractivity (Wildman–Crippen MR) is 105 cm³/mol. The van der Waals surface area contributed by atoms with Crippen LogP contribution in [0.25, 0.3) is 0 Å². The van der Waals surface area contributed by atoms with E-state index in [1.807, 2.05) is 19.2 Å². The fourth-order valence-corrected chi connectivity index (χ4v) is 5.20. The fourth-order valence-electron chi connectivity index (χ4n) is 4.05. The summed E-state index contributed by atoms with van der Waals surface area (Å²) < 4.78 is 6.31. The van der Waals surface area contributed by atoms with Gasteiger partial charge in [0.1, 0.15) is 0 Å². The summed E-state index contributed by atoms with van der Waals surface area (Å²) in [5.74, 6) is -0.108. The van der Waals surface area contributed by atoms with Gasteiger partial charge < -0.3 is 20.1 Å².